The molecule has 0 aliphatic carbocycles. The molecule has 0 spiro atoms. The van der Waals surface area contributed by atoms with Crippen LogP contribution in [0, 0.1) is 5.82 Å². The molecular weight excluding hydrogens is 297 g/mol. The summed E-state index contributed by atoms with van der Waals surface area (Å²) in [6.07, 6.45) is 1.69. The number of carbonyl (C=O) groups is 1. The molecule has 23 heavy (non-hydrogen) atoms. The second-order valence-electron chi connectivity index (χ2n) is 6.58. The highest BCUT2D eigenvalue weighted by molar-refractivity contribution is 5.95. The van der Waals surface area contributed by atoms with Gasteiger partial charge in [0.05, 0.1) is 17.9 Å². The first-order chi connectivity index (χ1) is 10.7. The van der Waals surface area contributed by atoms with E-state index in [0.717, 1.165) is 11.3 Å². The van der Waals surface area contributed by atoms with Crippen LogP contribution in [0.15, 0.2) is 24.4 Å². The maximum Gasteiger partial charge on any atom is 0.255 e. The van der Waals surface area contributed by atoms with Crippen molar-refractivity contribution in [2.45, 2.75) is 39.3 Å². The molecule has 0 unspecified atom stereocenters. The van der Waals surface area contributed by atoms with Crippen LogP contribution >= 0.6 is 0 Å². The zero-order valence-electron chi connectivity index (χ0n) is 13.9. The van der Waals surface area contributed by atoms with Gasteiger partial charge in [0.1, 0.15) is 5.82 Å². The minimum atomic E-state index is -0.454. The number of nitrogens with one attached hydrogen (secondary N) is 1. The van der Waals surface area contributed by atoms with Gasteiger partial charge < -0.3 is 10.4 Å². The van der Waals surface area contributed by atoms with Crippen LogP contribution in [0.1, 0.15) is 48.0 Å². The maximum absolute atomic E-state index is 13.4. The number of aliphatic hydroxyl groups is 1. The van der Waals surface area contributed by atoms with Crippen molar-refractivity contribution in [2.24, 2.45) is 7.05 Å². The van der Waals surface area contributed by atoms with Gasteiger partial charge in [0.25, 0.3) is 5.91 Å². The summed E-state index contributed by atoms with van der Waals surface area (Å²) in [5.41, 5.74) is 1.96. The lowest BCUT2D eigenvalue weighted by molar-refractivity contribution is 0.0948. The number of aromatic nitrogens is 2. The third kappa shape index (κ3) is 3.96. The molecule has 1 amide bonds. The SMILES string of the molecule is Cn1cc(C(=O)NCc2ccc(F)c(CO)c2)c(C(C)(C)C)n1. The molecule has 2 rings (SSSR count). The van der Waals surface area contributed by atoms with Gasteiger partial charge in [-0.1, -0.05) is 26.8 Å². The fraction of sp³-hybridized carbons (Fsp3) is 0.412. The van der Waals surface area contributed by atoms with Gasteiger partial charge >= 0.3 is 0 Å². The van der Waals surface area contributed by atoms with Crippen molar-refractivity contribution in [3.63, 3.8) is 0 Å². The highest BCUT2D eigenvalue weighted by atomic mass is 19.1. The number of nitrogens with zero attached hydrogens (tertiary/aromatic N) is 2. The molecule has 2 N–H and O–H groups in total. The van der Waals surface area contributed by atoms with E-state index in [0.29, 0.717) is 5.56 Å². The predicted molar refractivity (Wildman–Crippen MR) is 85.4 cm³/mol. The van der Waals surface area contributed by atoms with Crippen LogP contribution in [0.5, 0.6) is 0 Å². The Balaban J connectivity index is 2.15. The largest absolute Gasteiger partial charge is 0.392 e. The van der Waals surface area contributed by atoms with E-state index in [1.54, 1.807) is 30.1 Å². The van der Waals surface area contributed by atoms with Gasteiger partial charge in [0, 0.05) is 30.8 Å². The Bertz CT molecular complexity index is 717. The van der Waals surface area contributed by atoms with E-state index < -0.39 is 5.82 Å². The number of rotatable bonds is 4. The summed E-state index contributed by atoms with van der Waals surface area (Å²) < 4.78 is 15.0. The van der Waals surface area contributed by atoms with E-state index in [-0.39, 0.29) is 30.0 Å². The van der Waals surface area contributed by atoms with Crippen LogP contribution < -0.4 is 5.32 Å². The molecule has 0 radical (unpaired) electrons. The molecule has 5 nitrogen and oxygen atoms in total. The summed E-state index contributed by atoms with van der Waals surface area (Å²) in [5, 5.41) is 16.3. The number of hydrogen-bond acceptors (Lipinski definition) is 3. The Morgan fingerprint density at radius 1 is 1.39 bits per heavy atom. The van der Waals surface area contributed by atoms with Gasteiger partial charge in [-0.2, -0.15) is 5.10 Å². The van der Waals surface area contributed by atoms with Crippen molar-refractivity contribution in [2.75, 3.05) is 0 Å². The Hall–Kier alpha value is -2.21. The minimum absolute atomic E-state index is 0.216. The highest BCUT2D eigenvalue weighted by Gasteiger charge is 2.25. The van der Waals surface area contributed by atoms with Crippen molar-refractivity contribution < 1.29 is 14.3 Å². The first-order valence-corrected chi connectivity index (χ1v) is 7.43. The predicted octanol–water partition coefficient (Wildman–Crippen LogP) is 2.28. The van der Waals surface area contributed by atoms with E-state index in [1.165, 1.54) is 6.07 Å². The van der Waals surface area contributed by atoms with Crippen LogP contribution in [0.3, 0.4) is 0 Å². The van der Waals surface area contributed by atoms with E-state index >= 15 is 0 Å². The molecule has 1 aromatic carbocycles. The topological polar surface area (TPSA) is 67.2 Å². The summed E-state index contributed by atoms with van der Waals surface area (Å²) in [5.74, 6) is -0.678. The fourth-order valence-electron chi connectivity index (χ4n) is 2.35. The number of amides is 1. The summed E-state index contributed by atoms with van der Waals surface area (Å²) in [6, 6.07) is 4.42. The minimum Gasteiger partial charge on any atom is -0.392 e. The Kier molecular flexibility index (Phi) is 4.85. The number of aryl methyl sites for hydroxylation is 1. The summed E-state index contributed by atoms with van der Waals surface area (Å²) >= 11 is 0. The van der Waals surface area contributed by atoms with Crippen LogP contribution in [-0.2, 0) is 25.6 Å². The molecule has 1 aromatic heterocycles. The summed E-state index contributed by atoms with van der Waals surface area (Å²) in [4.78, 5) is 12.4. The summed E-state index contributed by atoms with van der Waals surface area (Å²) in [7, 11) is 1.78. The molecule has 0 saturated carbocycles. The standard InChI is InChI=1S/C17H22FN3O2/c1-17(2,3)15-13(9-21(4)20-15)16(23)19-8-11-5-6-14(18)12(7-11)10-22/h5-7,9,22H,8,10H2,1-4H3,(H,19,23). The van der Waals surface area contributed by atoms with Crippen LogP contribution in [0.2, 0.25) is 0 Å². The second kappa shape index (κ2) is 6.50. The number of aliphatic hydroxyl groups excluding tert-OH is 1. The first kappa shape index (κ1) is 17.1. The number of halogens is 1. The normalized spacial score (nSPS) is 11.6. The van der Waals surface area contributed by atoms with Gasteiger partial charge in [-0.25, -0.2) is 4.39 Å². The maximum atomic E-state index is 13.4. The second-order valence-corrected chi connectivity index (χ2v) is 6.58. The zero-order chi connectivity index (χ0) is 17.2. The smallest absolute Gasteiger partial charge is 0.255 e. The monoisotopic (exact) mass is 319 g/mol. The molecule has 6 heteroatoms. The molecule has 2 aromatic rings. The Morgan fingerprint density at radius 2 is 2.09 bits per heavy atom. The van der Waals surface area contributed by atoms with Gasteiger partial charge in [0.15, 0.2) is 0 Å². The first-order valence-electron chi connectivity index (χ1n) is 7.43. The number of benzene rings is 1. The van der Waals surface area contributed by atoms with Gasteiger partial charge in [-0.15, -0.1) is 0 Å². The van der Waals surface area contributed by atoms with Crippen molar-refractivity contribution in [1.82, 2.24) is 15.1 Å². The molecule has 0 bridgehead atoms. The Labute approximate surface area is 135 Å². The number of carbonyl (C=O) groups excluding carboxylic acids is 1. The fourth-order valence-corrected chi connectivity index (χ4v) is 2.35. The van der Waals surface area contributed by atoms with Crippen molar-refractivity contribution >= 4 is 5.91 Å². The van der Waals surface area contributed by atoms with Crippen molar-refractivity contribution in [1.29, 1.82) is 0 Å². The molecule has 0 atom stereocenters. The molecular formula is C17H22FN3O2. The lowest BCUT2D eigenvalue weighted by atomic mass is 9.89. The third-order valence-corrected chi connectivity index (χ3v) is 3.52. The number of hydrogen-bond donors (Lipinski definition) is 2. The lowest BCUT2D eigenvalue weighted by Gasteiger charge is -2.17. The van der Waals surface area contributed by atoms with Gasteiger partial charge in [0.2, 0.25) is 0 Å². The van der Waals surface area contributed by atoms with E-state index in [1.807, 2.05) is 20.8 Å². The van der Waals surface area contributed by atoms with Crippen LogP contribution in [0.25, 0.3) is 0 Å². The van der Waals surface area contributed by atoms with E-state index in [9.17, 15) is 9.18 Å². The average molecular weight is 319 g/mol. The summed E-state index contributed by atoms with van der Waals surface area (Å²) in [6.45, 7) is 5.88. The van der Waals surface area contributed by atoms with E-state index in [4.69, 9.17) is 5.11 Å². The zero-order valence-corrected chi connectivity index (χ0v) is 13.9. The third-order valence-electron chi connectivity index (χ3n) is 3.52. The Morgan fingerprint density at radius 3 is 2.70 bits per heavy atom. The molecule has 1 heterocycles. The van der Waals surface area contributed by atoms with Gasteiger partial charge in [-0.3, -0.25) is 9.48 Å². The van der Waals surface area contributed by atoms with Crippen LogP contribution in [-0.4, -0.2) is 20.8 Å². The highest BCUT2D eigenvalue weighted by Crippen LogP contribution is 2.24. The average Bonchev–Trinajstić information content (AvgIpc) is 2.88. The molecule has 0 fully saturated rings. The van der Waals surface area contributed by atoms with Crippen LogP contribution in [0.4, 0.5) is 4.39 Å². The molecule has 0 aliphatic heterocycles. The van der Waals surface area contributed by atoms with Gasteiger partial charge in [-0.05, 0) is 17.7 Å². The van der Waals surface area contributed by atoms with Crippen molar-refractivity contribution in [3.05, 3.63) is 52.6 Å². The molecule has 0 saturated heterocycles. The molecule has 0 aliphatic rings. The molecule has 124 valence electrons. The quantitative estimate of drug-likeness (QED) is 0.908. The lowest BCUT2D eigenvalue weighted by Crippen LogP contribution is -2.26. The van der Waals surface area contributed by atoms with E-state index in [2.05, 4.69) is 10.4 Å². The van der Waals surface area contributed by atoms with Crippen molar-refractivity contribution in [3.8, 4) is 0 Å².